The minimum Gasteiger partial charge on any atom is -0.345 e. The van der Waals surface area contributed by atoms with E-state index in [0.717, 1.165) is 22.4 Å². The van der Waals surface area contributed by atoms with Crippen LogP contribution in [0.4, 0.5) is 5.69 Å². The number of nitrogens with zero attached hydrogens (tertiary/aromatic N) is 2. The Morgan fingerprint density at radius 1 is 1.18 bits per heavy atom. The molecular formula is C21H24N4O3. The lowest BCUT2D eigenvalue weighted by Crippen LogP contribution is -2.60. The van der Waals surface area contributed by atoms with E-state index in [0.29, 0.717) is 5.84 Å². The highest BCUT2D eigenvalue weighted by molar-refractivity contribution is 6.10. The van der Waals surface area contributed by atoms with Crippen LogP contribution in [0, 0.1) is 20.8 Å². The molecule has 0 aliphatic carbocycles. The summed E-state index contributed by atoms with van der Waals surface area (Å²) in [6.45, 7) is 7.35. The molecule has 7 heteroatoms. The Balaban J connectivity index is 1.68. The van der Waals surface area contributed by atoms with Gasteiger partial charge >= 0.3 is 0 Å². The molecule has 0 spiro atoms. The topological polar surface area (TPSA) is 90.9 Å². The van der Waals surface area contributed by atoms with Crippen molar-refractivity contribution in [2.45, 2.75) is 39.7 Å². The van der Waals surface area contributed by atoms with E-state index < -0.39 is 11.4 Å². The van der Waals surface area contributed by atoms with Crippen LogP contribution in [-0.2, 0) is 14.4 Å². The van der Waals surface area contributed by atoms with Gasteiger partial charge in [-0.25, -0.2) is 0 Å². The first-order chi connectivity index (χ1) is 13.2. The number of aliphatic imine (C=N–C) groups is 1. The molecule has 0 saturated carbocycles. The van der Waals surface area contributed by atoms with E-state index >= 15 is 0 Å². The van der Waals surface area contributed by atoms with Crippen LogP contribution in [0.2, 0.25) is 0 Å². The first kappa shape index (κ1) is 19.5. The number of fused-ring (bicyclic) bond motifs is 1. The van der Waals surface area contributed by atoms with Gasteiger partial charge in [0.2, 0.25) is 11.8 Å². The Morgan fingerprint density at radius 3 is 2.54 bits per heavy atom. The summed E-state index contributed by atoms with van der Waals surface area (Å²) in [5.74, 6) is -0.663. The van der Waals surface area contributed by atoms with E-state index in [1.165, 1.54) is 0 Å². The quantitative estimate of drug-likeness (QED) is 0.837. The molecule has 3 rings (SSSR count). The van der Waals surface area contributed by atoms with Gasteiger partial charge in [-0.1, -0.05) is 23.8 Å². The molecule has 1 aromatic rings. The number of carbonyl (C=O) groups excluding carboxylic acids is 3. The van der Waals surface area contributed by atoms with Crippen LogP contribution < -0.4 is 10.6 Å². The zero-order valence-corrected chi connectivity index (χ0v) is 16.5. The standard InChI is InChI=1S/C21H24N4O3/c1-13-9-14(2)19(15(3)10-13)24-18(27)12-22-20(28)21(4)11-17(26)23-16-7-5-6-8-25(16)21/h5-10H,11-12H2,1-4H3,(H,22,28)(H,24,27). The normalized spacial score (nSPS) is 20.5. The van der Waals surface area contributed by atoms with Crippen molar-refractivity contribution in [2.75, 3.05) is 11.9 Å². The third kappa shape index (κ3) is 3.74. The molecule has 28 heavy (non-hydrogen) atoms. The average Bonchev–Trinajstić information content (AvgIpc) is 2.62. The van der Waals surface area contributed by atoms with E-state index in [-0.39, 0.29) is 24.8 Å². The summed E-state index contributed by atoms with van der Waals surface area (Å²) in [5, 5.41) is 5.52. The van der Waals surface area contributed by atoms with E-state index in [2.05, 4.69) is 15.6 Å². The molecule has 2 aliphatic rings. The molecule has 146 valence electrons. The van der Waals surface area contributed by atoms with E-state index in [1.807, 2.05) is 32.9 Å². The van der Waals surface area contributed by atoms with Gasteiger partial charge in [0.05, 0.1) is 13.0 Å². The van der Waals surface area contributed by atoms with Crippen LogP contribution in [0.5, 0.6) is 0 Å². The smallest absolute Gasteiger partial charge is 0.250 e. The van der Waals surface area contributed by atoms with Crippen molar-refractivity contribution in [1.29, 1.82) is 0 Å². The maximum Gasteiger partial charge on any atom is 0.250 e. The molecule has 3 amide bonds. The fraction of sp³-hybridized carbons (Fsp3) is 0.333. The van der Waals surface area contributed by atoms with Crippen molar-refractivity contribution in [1.82, 2.24) is 10.2 Å². The van der Waals surface area contributed by atoms with Gasteiger partial charge in [-0.3, -0.25) is 14.4 Å². The number of aryl methyl sites for hydroxylation is 3. The fourth-order valence-corrected chi connectivity index (χ4v) is 3.59. The molecular weight excluding hydrogens is 356 g/mol. The van der Waals surface area contributed by atoms with Gasteiger partial charge in [-0.2, -0.15) is 4.99 Å². The molecule has 0 aromatic heterocycles. The Bertz CT molecular complexity index is 922. The lowest BCUT2D eigenvalue weighted by molar-refractivity contribution is -0.135. The summed E-state index contributed by atoms with van der Waals surface area (Å²) in [6.07, 6.45) is 6.86. The highest BCUT2D eigenvalue weighted by Gasteiger charge is 2.45. The van der Waals surface area contributed by atoms with Crippen LogP contribution in [0.25, 0.3) is 0 Å². The molecule has 0 fully saturated rings. The van der Waals surface area contributed by atoms with Crippen molar-refractivity contribution >= 4 is 29.2 Å². The third-order valence-electron chi connectivity index (χ3n) is 4.94. The second-order valence-electron chi connectivity index (χ2n) is 7.39. The molecule has 2 heterocycles. The largest absolute Gasteiger partial charge is 0.345 e. The molecule has 0 radical (unpaired) electrons. The van der Waals surface area contributed by atoms with Gasteiger partial charge in [0.1, 0.15) is 11.4 Å². The maximum atomic E-state index is 12.9. The summed E-state index contributed by atoms with van der Waals surface area (Å²) in [4.78, 5) is 42.9. The second-order valence-corrected chi connectivity index (χ2v) is 7.39. The number of benzene rings is 1. The minimum absolute atomic E-state index is 0.0572. The number of amides is 3. The second kappa shape index (κ2) is 7.42. The summed E-state index contributed by atoms with van der Waals surface area (Å²) in [7, 11) is 0. The monoisotopic (exact) mass is 380 g/mol. The summed E-state index contributed by atoms with van der Waals surface area (Å²) >= 11 is 0. The van der Waals surface area contributed by atoms with Crippen molar-refractivity contribution in [3.8, 4) is 0 Å². The van der Waals surface area contributed by atoms with Crippen LogP contribution in [-0.4, -0.2) is 40.5 Å². The number of carbonyl (C=O) groups is 3. The highest BCUT2D eigenvalue weighted by atomic mass is 16.2. The lowest BCUT2D eigenvalue weighted by atomic mass is 9.91. The lowest BCUT2D eigenvalue weighted by Gasteiger charge is -2.41. The van der Waals surface area contributed by atoms with Gasteiger partial charge in [0.15, 0.2) is 0 Å². The summed E-state index contributed by atoms with van der Waals surface area (Å²) < 4.78 is 0. The number of hydrogen-bond donors (Lipinski definition) is 2. The van der Waals surface area contributed by atoms with Crippen LogP contribution in [0.1, 0.15) is 30.0 Å². The predicted molar refractivity (Wildman–Crippen MR) is 108 cm³/mol. The van der Waals surface area contributed by atoms with Gasteiger partial charge < -0.3 is 15.5 Å². The predicted octanol–water partition coefficient (Wildman–Crippen LogP) is 2.14. The third-order valence-corrected chi connectivity index (χ3v) is 4.94. The van der Waals surface area contributed by atoms with Crippen LogP contribution >= 0.6 is 0 Å². The molecule has 1 unspecified atom stereocenters. The summed E-state index contributed by atoms with van der Waals surface area (Å²) in [6, 6.07) is 3.99. The molecule has 1 atom stereocenters. The Morgan fingerprint density at radius 2 is 1.86 bits per heavy atom. The Labute approximate surface area is 164 Å². The SMILES string of the molecule is Cc1cc(C)c(NC(=O)CNC(=O)C2(C)CC(=O)N=C3C=CC=CN32)c(C)c1. The number of nitrogens with one attached hydrogen (secondary N) is 2. The van der Waals surface area contributed by atoms with Gasteiger partial charge in [-0.05, 0) is 51.0 Å². The van der Waals surface area contributed by atoms with Crippen molar-refractivity contribution in [3.63, 3.8) is 0 Å². The zero-order valence-electron chi connectivity index (χ0n) is 16.5. The number of hydrogen-bond acceptors (Lipinski definition) is 4. The van der Waals surface area contributed by atoms with E-state index in [4.69, 9.17) is 0 Å². The highest BCUT2D eigenvalue weighted by Crippen LogP contribution is 2.28. The molecule has 2 N–H and O–H groups in total. The Kier molecular flexibility index (Phi) is 5.18. The first-order valence-electron chi connectivity index (χ1n) is 9.12. The molecule has 2 aliphatic heterocycles. The van der Waals surface area contributed by atoms with Crippen molar-refractivity contribution in [3.05, 3.63) is 53.3 Å². The maximum absolute atomic E-state index is 12.9. The Hall–Kier alpha value is -3.22. The number of amidine groups is 1. The van der Waals surface area contributed by atoms with Crippen molar-refractivity contribution < 1.29 is 14.4 Å². The molecule has 0 bridgehead atoms. The van der Waals surface area contributed by atoms with Crippen LogP contribution in [0.3, 0.4) is 0 Å². The zero-order chi connectivity index (χ0) is 20.5. The molecule has 7 nitrogen and oxygen atoms in total. The number of rotatable bonds is 4. The number of anilines is 1. The fourth-order valence-electron chi connectivity index (χ4n) is 3.59. The van der Waals surface area contributed by atoms with E-state index in [1.54, 1.807) is 36.3 Å². The van der Waals surface area contributed by atoms with Crippen LogP contribution in [0.15, 0.2) is 41.6 Å². The number of allylic oxidation sites excluding steroid dienone is 2. The molecule has 0 saturated heterocycles. The summed E-state index contributed by atoms with van der Waals surface area (Å²) in [5.41, 5.74) is 2.67. The average molecular weight is 380 g/mol. The van der Waals surface area contributed by atoms with Gasteiger partial charge in [-0.15, -0.1) is 0 Å². The molecule has 1 aromatic carbocycles. The first-order valence-corrected chi connectivity index (χ1v) is 9.12. The van der Waals surface area contributed by atoms with Gasteiger partial charge in [0.25, 0.3) is 5.91 Å². The van der Waals surface area contributed by atoms with E-state index in [9.17, 15) is 14.4 Å². The van der Waals surface area contributed by atoms with Crippen molar-refractivity contribution in [2.24, 2.45) is 4.99 Å². The minimum atomic E-state index is -1.13. The van der Waals surface area contributed by atoms with Gasteiger partial charge in [0, 0.05) is 11.9 Å².